The maximum Gasteiger partial charge on any atom is 0.177 e. The lowest BCUT2D eigenvalue weighted by atomic mass is 10.1. The van der Waals surface area contributed by atoms with Crippen molar-refractivity contribution in [3.05, 3.63) is 23.8 Å². The molecule has 0 radical (unpaired) electrons. The molecule has 0 saturated carbocycles. The summed E-state index contributed by atoms with van der Waals surface area (Å²) in [5.74, 6) is -0.0842. The summed E-state index contributed by atoms with van der Waals surface area (Å²) in [5.41, 5.74) is 1.11. The number of aliphatic hydroxyl groups is 1. The number of hydrogen-bond donors (Lipinski definition) is 1. The number of sulfone groups is 1. The lowest BCUT2D eigenvalue weighted by molar-refractivity contribution is 0.101. The van der Waals surface area contributed by atoms with Crippen LogP contribution in [0.5, 0.6) is 0 Å². The molecule has 0 bridgehead atoms. The van der Waals surface area contributed by atoms with E-state index in [0.717, 1.165) is 13.1 Å². The van der Waals surface area contributed by atoms with Gasteiger partial charge in [-0.1, -0.05) is 0 Å². The number of benzene rings is 1. The average Bonchev–Trinajstić information content (AvgIpc) is 2.45. The third-order valence-corrected chi connectivity index (χ3v) is 5.14. The molecule has 1 atom stereocenters. The molecule has 1 aromatic carbocycles. The summed E-state index contributed by atoms with van der Waals surface area (Å²) < 4.78 is 24.1. The molecule has 0 spiro atoms. The molecule has 23 heavy (non-hydrogen) atoms. The summed E-state index contributed by atoms with van der Waals surface area (Å²) >= 11 is 0. The Morgan fingerprint density at radius 3 is 2.35 bits per heavy atom. The van der Waals surface area contributed by atoms with E-state index in [1.807, 2.05) is 4.90 Å². The Kier molecular flexibility index (Phi) is 5.44. The lowest BCUT2D eigenvalue weighted by Crippen LogP contribution is -2.48. The van der Waals surface area contributed by atoms with E-state index < -0.39 is 9.84 Å². The summed E-state index contributed by atoms with van der Waals surface area (Å²) in [7, 11) is -3.36. The molecular weight excluding hydrogens is 316 g/mol. The Bertz CT molecular complexity index is 677. The molecule has 1 saturated heterocycles. The highest BCUT2D eigenvalue weighted by Gasteiger charge is 2.23. The number of aliphatic hydroxyl groups excluding tert-OH is 1. The second-order valence-corrected chi connectivity index (χ2v) is 8.13. The predicted octanol–water partition coefficient (Wildman–Crippen LogP) is 0.796. The zero-order valence-electron chi connectivity index (χ0n) is 13.8. The molecule has 1 aliphatic heterocycles. The number of hydrogen-bond acceptors (Lipinski definition) is 6. The van der Waals surface area contributed by atoms with Crippen molar-refractivity contribution >= 4 is 21.3 Å². The van der Waals surface area contributed by atoms with E-state index in [2.05, 4.69) is 4.90 Å². The van der Waals surface area contributed by atoms with E-state index in [9.17, 15) is 18.3 Å². The topological polar surface area (TPSA) is 77.9 Å². The molecule has 2 rings (SSSR count). The van der Waals surface area contributed by atoms with Crippen LogP contribution in [0, 0.1) is 0 Å². The van der Waals surface area contributed by atoms with Crippen LogP contribution in [-0.2, 0) is 9.84 Å². The average molecular weight is 340 g/mol. The first-order chi connectivity index (χ1) is 10.7. The lowest BCUT2D eigenvalue weighted by Gasteiger charge is -2.37. The number of β-amino-alcohol motifs (C(OH)–C–C–N with tert-alkyl or cyclic N) is 1. The zero-order chi connectivity index (χ0) is 17.2. The third-order valence-electron chi connectivity index (χ3n) is 4.00. The van der Waals surface area contributed by atoms with E-state index in [-0.39, 0.29) is 16.8 Å². The van der Waals surface area contributed by atoms with Gasteiger partial charge in [-0.2, -0.15) is 0 Å². The van der Waals surface area contributed by atoms with Crippen molar-refractivity contribution in [2.75, 3.05) is 43.9 Å². The van der Waals surface area contributed by atoms with Crippen molar-refractivity contribution in [3.8, 4) is 0 Å². The normalized spacial score (nSPS) is 18.0. The number of anilines is 1. The quantitative estimate of drug-likeness (QED) is 0.799. The number of ketones is 1. The molecule has 1 N–H and O–H groups in total. The molecule has 0 aliphatic carbocycles. The Hall–Kier alpha value is -1.44. The van der Waals surface area contributed by atoms with Gasteiger partial charge in [0.05, 0.1) is 16.7 Å². The number of rotatable bonds is 5. The maximum atomic E-state index is 12.0. The van der Waals surface area contributed by atoms with Gasteiger partial charge in [-0.15, -0.1) is 0 Å². The van der Waals surface area contributed by atoms with Gasteiger partial charge < -0.3 is 10.0 Å². The van der Waals surface area contributed by atoms with E-state index in [1.54, 1.807) is 19.1 Å². The highest BCUT2D eigenvalue weighted by Crippen LogP contribution is 2.28. The van der Waals surface area contributed by atoms with Crippen molar-refractivity contribution in [1.82, 2.24) is 4.90 Å². The predicted molar refractivity (Wildman–Crippen MR) is 89.9 cm³/mol. The van der Waals surface area contributed by atoms with Gasteiger partial charge in [-0.3, -0.25) is 9.69 Å². The summed E-state index contributed by atoms with van der Waals surface area (Å²) in [5, 5.41) is 9.46. The van der Waals surface area contributed by atoms with Gasteiger partial charge >= 0.3 is 0 Å². The molecule has 0 amide bonds. The largest absolute Gasteiger partial charge is 0.392 e. The Morgan fingerprint density at radius 2 is 1.87 bits per heavy atom. The number of nitrogens with zero attached hydrogens (tertiary/aromatic N) is 2. The van der Waals surface area contributed by atoms with Crippen molar-refractivity contribution in [2.45, 2.75) is 24.8 Å². The first kappa shape index (κ1) is 17.9. The fraction of sp³-hybridized carbons (Fsp3) is 0.562. The standard InChI is InChI=1S/C16H24N2O4S/c1-12(19)11-17-6-8-18(9-7-17)15-10-14(13(2)20)4-5-16(15)23(3,21)22/h4-5,10,12,19H,6-9,11H2,1-3H3/t12-/m1/s1. The minimum Gasteiger partial charge on any atom is -0.392 e. The van der Waals surface area contributed by atoms with Crippen LogP contribution in [0.25, 0.3) is 0 Å². The van der Waals surface area contributed by atoms with E-state index in [4.69, 9.17) is 0 Å². The summed E-state index contributed by atoms with van der Waals surface area (Å²) in [6.45, 7) is 6.66. The van der Waals surface area contributed by atoms with Crippen LogP contribution in [0.4, 0.5) is 5.69 Å². The smallest absolute Gasteiger partial charge is 0.177 e. The molecule has 6 nitrogen and oxygen atoms in total. The molecule has 0 unspecified atom stereocenters. The van der Waals surface area contributed by atoms with Crippen LogP contribution in [0.2, 0.25) is 0 Å². The first-order valence-electron chi connectivity index (χ1n) is 7.69. The maximum absolute atomic E-state index is 12.0. The number of Topliss-reactive ketones (excluding diaryl/α,β-unsaturated/α-hetero) is 1. The van der Waals surface area contributed by atoms with Gasteiger partial charge in [-0.25, -0.2) is 8.42 Å². The second kappa shape index (κ2) is 6.98. The molecule has 7 heteroatoms. The van der Waals surface area contributed by atoms with Crippen LogP contribution < -0.4 is 4.90 Å². The molecule has 1 heterocycles. The van der Waals surface area contributed by atoms with Gasteiger partial charge in [0.15, 0.2) is 15.6 Å². The monoisotopic (exact) mass is 340 g/mol. The van der Waals surface area contributed by atoms with Crippen LogP contribution in [0.15, 0.2) is 23.1 Å². The molecule has 1 fully saturated rings. The zero-order valence-corrected chi connectivity index (χ0v) is 14.6. The van der Waals surface area contributed by atoms with Crippen molar-refractivity contribution in [2.24, 2.45) is 0 Å². The number of carbonyl (C=O) groups is 1. The summed E-state index contributed by atoms with van der Waals surface area (Å²) in [4.78, 5) is 16.0. The van der Waals surface area contributed by atoms with Crippen molar-refractivity contribution in [1.29, 1.82) is 0 Å². The van der Waals surface area contributed by atoms with Gasteiger partial charge in [0.25, 0.3) is 0 Å². The van der Waals surface area contributed by atoms with Crippen LogP contribution in [0.3, 0.4) is 0 Å². The van der Waals surface area contributed by atoms with Crippen LogP contribution in [-0.4, -0.2) is 69.3 Å². The van der Waals surface area contributed by atoms with Gasteiger partial charge in [0.1, 0.15) is 0 Å². The molecule has 0 aromatic heterocycles. The number of carbonyl (C=O) groups excluding carboxylic acids is 1. The summed E-state index contributed by atoms with van der Waals surface area (Å²) in [6, 6.07) is 4.75. The fourth-order valence-electron chi connectivity index (χ4n) is 2.84. The summed E-state index contributed by atoms with van der Waals surface area (Å²) in [6.07, 6.45) is 0.803. The number of piperazine rings is 1. The fourth-order valence-corrected chi connectivity index (χ4v) is 3.73. The molecular formula is C16H24N2O4S. The minimum absolute atomic E-state index is 0.0842. The Morgan fingerprint density at radius 1 is 1.26 bits per heavy atom. The van der Waals surface area contributed by atoms with Crippen LogP contribution in [0.1, 0.15) is 24.2 Å². The Labute approximate surface area is 137 Å². The third kappa shape index (κ3) is 4.53. The van der Waals surface area contributed by atoms with Gasteiger partial charge in [0, 0.05) is 44.5 Å². The minimum atomic E-state index is -3.36. The van der Waals surface area contributed by atoms with E-state index in [1.165, 1.54) is 19.2 Å². The SMILES string of the molecule is CC(=O)c1ccc(S(C)(=O)=O)c(N2CCN(C[C@@H](C)O)CC2)c1. The molecule has 1 aliphatic rings. The highest BCUT2D eigenvalue weighted by atomic mass is 32.2. The van der Waals surface area contributed by atoms with Crippen LogP contribution >= 0.6 is 0 Å². The van der Waals surface area contributed by atoms with Crippen molar-refractivity contribution in [3.63, 3.8) is 0 Å². The molecule has 1 aromatic rings. The van der Waals surface area contributed by atoms with Gasteiger partial charge in [-0.05, 0) is 32.0 Å². The molecule has 128 valence electrons. The van der Waals surface area contributed by atoms with E-state index in [0.29, 0.717) is 30.9 Å². The van der Waals surface area contributed by atoms with Gasteiger partial charge in [0.2, 0.25) is 0 Å². The van der Waals surface area contributed by atoms with E-state index >= 15 is 0 Å². The first-order valence-corrected chi connectivity index (χ1v) is 9.58. The highest BCUT2D eigenvalue weighted by molar-refractivity contribution is 7.90. The Balaban J connectivity index is 2.28. The second-order valence-electron chi connectivity index (χ2n) is 6.15. The van der Waals surface area contributed by atoms with Crippen molar-refractivity contribution < 1.29 is 18.3 Å².